The molecule has 1 heterocycles. The van der Waals surface area contributed by atoms with Gasteiger partial charge in [0.1, 0.15) is 0 Å². The number of carbonyl (C=O) groups is 1. The Labute approximate surface area is 71.2 Å². The van der Waals surface area contributed by atoms with Gasteiger partial charge >= 0.3 is 5.97 Å². The molecule has 0 unspecified atom stereocenters. The monoisotopic (exact) mass is 168 g/mol. The van der Waals surface area contributed by atoms with Crippen LogP contribution in [0.4, 0.5) is 0 Å². The van der Waals surface area contributed by atoms with Gasteiger partial charge in [-0.05, 0) is 0 Å². The largest absolute Gasteiger partial charge is 0.469 e. The third kappa shape index (κ3) is 2.08. The number of ether oxygens (including phenoxy) is 1. The maximum absolute atomic E-state index is 11.0. The summed E-state index contributed by atoms with van der Waals surface area (Å²) in [6.45, 7) is 2.44. The molecular weight excluding hydrogens is 156 g/mol. The Balaban J connectivity index is 2.47. The first kappa shape index (κ1) is 8.77. The Kier molecular flexibility index (Phi) is 2.85. The zero-order valence-corrected chi connectivity index (χ0v) is 7.23. The third-order valence-electron chi connectivity index (χ3n) is 1.65. The van der Waals surface area contributed by atoms with E-state index in [4.69, 9.17) is 0 Å². The molecule has 0 bridgehead atoms. The molecule has 0 amide bonds. The fourth-order valence-electron chi connectivity index (χ4n) is 0.987. The molecule has 0 N–H and O–H groups in total. The summed E-state index contributed by atoms with van der Waals surface area (Å²) < 4.78 is 6.44. The van der Waals surface area contributed by atoms with Crippen LogP contribution in [0.3, 0.4) is 0 Å². The molecule has 66 valence electrons. The predicted octanol–water partition coefficient (Wildman–Crippen LogP) is 0.692. The Hall–Kier alpha value is -1.32. The Morgan fingerprint density at radius 3 is 3.00 bits per heavy atom. The molecule has 0 spiro atoms. The highest BCUT2D eigenvalue weighted by atomic mass is 16.5. The van der Waals surface area contributed by atoms with Crippen LogP contribution >= 0.6 is 0 Å². The van der Waals surface area contributed by atoms with Crippen LogP contribution in [0.1, 0.15) is 6.92 Å². The zero-order chi connectivity index (χ0) is 8.97. The molecule has 0 fully saturated rings. The normalized spacial score (nSPS) is 12.5. The number of esters is 1. The van der Waals surface area contributed by atoms with Crippen molar-refractivity contribution in [2.75, 3.05) is 7.11 Å². The number of rotatable bonds is 3. The van der Waals surface area contributed by atoms with E-state index in [-0.39, 0.29) is 11.9 Å². The summed E-state index contributed by atoms with van der Waals surface area (Å²) in [7, 11) is 1.40. The van der Waals surface area contributed by atoms with E-state index < -0.39 is 0 Å². The van der Waals surface area contributed by atoms with Crippen molar-refractivity contribution in [2.24, 2.45) is 5.92 Å². The van der Waals surface area contributed by atoms with Gasteiger partial charge in [-0.3, -0.25) is 4.79 Å². The standard InChI is InChI=1S/C8H12N2O2/c1-7(8(11)12-2)5-10-4-3-9-6-10/h3-4,6-7H,5H2,1-2H3/t7-/m0/s1. The number of hydrogen-bond acceptors (Lipinski definition) is 3. The van der Waals surface area contributed by atoms with E-state index in [9.17, 15) is 4.79 Å². The molecule has 0 saturated carbocycles. The number of carbonyl (C=O) groups excluding carboxylic acids is 1. The second kappa shape index (κ2) is 3.90. The summed E-state index contributed by atoms with van der Waals surface area (Å²) >= 11 is 0. The SMILES string of the molecule is COC(=O)[C@@H](C)Cn1ccnc1. The van der Waals surface area contributed by atoms with E-state index in [2.05, 4.69) is 9.72 Å². The highest BCUT2D eigenvalue weighted by Crippen LogP contribution is 2.01. The lowest BCUT2D eigenvalue weighted by atomic mass is 10.2. The Morgan fingerprint density at radius 1 is 1.75 bits per heavy atom. The van der Waals surface area contributed by atoms with E-state index >= 15 is 0 Å². The van der Waals surface area contributed by atoms with Gasteiger partial charge in [-0.25, -0.2) is 4.98 Å². The molecule has 0 saturated heterocycles. The fraction of sp³-hybridized carbons (Fsp3) is 0.500. The molecule has 12 heavy (non-hydrogen) atoms. The molecule has 4 nitrogen and oxygen atoms in total. The molecule has 0 aliphatic rings. The number of hydrogen-bond donors (Lipinski definition) is 0. The summed E-state index contributed by atoms with van der Waals surface area (Å²) in [5.41, 5.74) is 0. The second-order valence-corrected chi connectivity index (χ2v) is 2.68. The van der Waals surface area contributed by atoms with Crippen molar-refractivity contribution < 1.29 is 9.53 Å². The highest BCUT2D eigenvalue weighted by molar-refractivity contribution is 5.71. The van der Waals surface area contributed by atoms with Crippen LogP contribution < -0.4 is 0 Å². The second-order valence-electron chi connectivity index (χ2n) is 2.68. The van der Waals surface area contributed by atoms with Crippen molar-refractivity contribution in [2.45, 2.75) is 13.5 Å². The van der Waals surface area contributed by atoms with Crippen LogP contribution in [0.15, 0.2) is 18.7 Å². The lowest BCUT2D eigenvalue weighted by Crippen LogP contribution is -2.17. The van der Waals surface area contributed by atoms with Gasteiger partial charge < -0.3 is 9.30 Å². The zero-order valence-electron chi connectivity index (χ0n) is 7.23. The lowest BCUT2D eigenvalue weighted by Gasteiger charge is -2.08. The third-order valence-corrected chi connectivity index (χ3v) is 1.65. The predicted molar refractivity (Wildman–Crippen MR) is 43.4 cm³/mol. The minimum absolute atomic E-state index is 0.121. The first-order valence-corrected chi connectivity index (χ1v) is 3.77. The quantitative estimate of drug-likeness (QED) is 0.624. The average Bonchev–Trinajstić information content (AvgIpc) is 2.55. The van der Waals surface area contributed by atoms with Crippen molar-refractivity contribution in [1.82, 2.24) is 9.55 Å². The van der Waals surface area contributed by atoms with Crippen molar-refractivity contribution in [3.8, 4) is 0 Å². The molecule has 0 aliphatic heterocycles. The Bertz CT molecular complexity index is 244. The van der Waals surface area contributed by atoms with E-state index in [1.165, 1.54) is 7.11 Å². The first-order valence-electron chi connectivity index (χ1n) is 3.77. The minimum atomic E-state index is -0.191. The van der Waals surface area contributed by atoms with Gasteiger partial charge in [0.25, 0.3) is 0 Å². The molecule has 0 aromatic carbocycles. The number of methoxy groups -OCH3 is 1. The van der Waals surface area contributed by atoms with Crippen LogP contribution in [-0.2, 0) is 16.1 Å². The number of imidazole rings is 1. The van der Waals surface area contributed by atoms with Crippen molar-refractivity contribution in [1.29, 1.82) is 0 Å². The van der Waals surface area contributed by atoms with Crippen molar-refractivity contribution >= 4 is 5.97 Å². The summed E-state index contributed by atoms with van der Waals surface area (Å²) in [5, 5.41) is 0. The summed E-state index contributed by atoms with van der Waals surface area (Å²) in [6, 6.07) is 0. The van der Waals surface area contributed by atoms with Crippen molar-refractivity contribution in [3.05, 3.63) is 18.7 Å². The van der Waals surface area contributed by atoms with Gasteiger partial charge in [0.2, 0.25) is 0 Å². The molecule has 1 rings (SSSR count). The van der Waals surface area contributed by atoms with Crippen molar-refractivity contribution in [3.63, 3.8) is 0 Å². The fourth-order valence-corrected chi connectivity index (χ4v) is 0.987. The molecule has 0 aliphatic carbocycles. The van der Waals surface area contributed by atoms with Gasteiger partial charge in [-0.2, -0.15) is 0 Å². The molecule has 1 aromatic heterocycles. The van der Waals surface area contributed by atoms with E-state index in [1.54, 1.807) is 12.5 Å². The molecule has 1 atom stereocenters. The first-order chi connectivity index (χ1) is 5.74. The van der Waals surface area contributed by atoms with Gasteiger partial charge in [-0.1, -0.05) is 6.92 Å². The van der Waals surface area contributed by atoms with Gasteiger partial charge in [0.05, 0.1) is 19.4 Å². The van der Waals surface area contributed by atoms with Gasteiger partial charge in [-0.15, -0.1) is 0 Å². The van der Waals surface area contributed by atoms with Gasteiger partial charge in [0, 0.05) is 18.9 Å². The lowest BCUT2D eigenvalue weighted by molar-refractivity contribution is -0.145. The smallest absolute Gasteiger partial charge is 0.310 e. The van der Waals surface area contributed by atoms with Gasteiger partial charge in [0.15, 0.2) is 0 Å². The maximum atomic E-state index is 11.0. The van der Waals surface area contributed by atoms with E-state index in [0.717, 1.165) is 0 Å². The van der Waals surface area contributed by atoms with Crippen LogP contribution in [0.5, 0.6) is 0 Å². The molecular formula is C8H12N2O2. The molecule has 0 radical (unpaired) electrons. The van der Waals surface area contributed by atoms with E-state index in [1.807, 2.05) is 17.7 Å². The van der Waals surface area contributed by atoms with Crippen LogP contribution in [-0.4, -0.2) is 22.6 Å². The Morgan fingerprint density at radius 2 is 2.50 bits per heavy atom. The summed E-state index contributed by atoms with van der Waals surface area (Å²) in [4.78, 5) is 14.9. The minimum Gasteiger partial charge on any atom is -0.469 e. The summed E-state index contributed by atoms with van der Waals surface area (Å²) in [5.74, 6) is -0.312. The van der Waals surface area contributed by atoms with Crippen LogP contribution in [0.25, 0.3) is 0 Å². The topological polar surface area (TPSA) is 44.1 Å². The summed E-state index contributed by atoms with van der Waals surface area (Å²) in [6.07, 6.45) is 5.18. The molecule has 1 aromatic rings. The van der Waals surface area contributed by atoms with Crippen LogP contribution in [0, 0.1) is 5.92 Å². The number of aromatic nitrogens is 2. The maximum Gasteiger partial charge on any atom is 0.310 e. The van der Waals surface area contributed by atoms with E-state index in [0.29, 0.717) is 6.54 Å². The number of nitrogens with zero attached hydrogens (tertiary/aromatic N) is 2. The van der Waals surface area contributed by atoms with Crippen LogP contribution in [0.2, 0.25) is 0 Å². The molecule has 4 heteroatoms. The average molecular weight is 168 g/mol. The highest BCUT2D eigenvalue weighted by Gasteiger charge is 2.12.